The van der Waals surface area contributed by atoms with Crippen LogP contribution in [0, 0.1) is 0 Å². The smallest absolute Gasteiger partial charge is 0.334 e. The van der Waals surface area contributed by atoms with Gasteiger partial charge in [-0.25, -0.2) is 10.3 Å². The van der Waals surface area contributed by atoms with Crippen molar-refractivity contribution in [2.24, 2.45) is 0 Å². The van der Waals surface area contributed by atoms with Crippen LogP contribution in [0.25, 0.3) is 0 Å². The number of hydrogen-bond acceptors (Lipinski definition) is 2. The molecule has 4 heteroatoms. The summed E-state index contributed by atoms with van der Waals surface area (Å²) in [6.07, 6.45) is 4.42. The minimum Gasteiger partial charge on any atom is -0.334 e. The quantitative estimate of drug-likeness (QED) is 0.373. The second kappa shape index (κ2) is 3.41. The molecule has 0 radical (unpaired) electrons. The van der Waals surface area contributed by atoms with Gasteiger partial charge in [0.2, 0.25) is 0 Å². The van der Waals surface area contributed by atoms with E-state index in [4.69, 9.17) is 5.21 Å². The third-order valence-corrected chi connectivity index (χ3v) is 1.79. The van der Waals surface area contributed by atoms with Crippen LogP contribution in [0.1, 0.15) is 25.7 Å². The van der Waals surface area contributed by atoms with Crippen molar-refractivity contribution in [2.75, 3.05) is 0 Å². The molecule has 0 spiro atoms. The molecule has 10 heavy (non-hydrogen) atoms. The summed E-state index contributed by atoms with van der Waals surface area (Å²) in [6, 6.07) is -0.223. The van der Waals surface area contributed by atoms with Crippen LogP contribution in [0.5, 0.6) is 0 Å². The van der Waals surface area contributed by atoms with Crippen LogP contribution < -0.4 is 10.8 Å². The van der Waals surface area contributed by atoms with E-state index in [2.05, 4.69) is 5.32 Å². The van der Waals surface area contributed by atoms with E-state index in [0.717, 1.165) is 12.8 Å². The lowest BCUT2D eigenvalue weighted by molar-refractivity contribution is 0.159. The second-order valence-electron chi connectivity index (χ2n) is 2.57. The van der Waals surface area contributed by atoms with E-state index in [-0.39, 0.29) is 6.04 Å². The van der Waals surface area contributed by atoms with Crippen molar-refractivity contribution >= 4 is 6.03 Å². The molecular formula is C6H12N2O2. The van der Waals surface area contributed by atoms with Gasteiger partial charge in [-0.3, -0.25) is 5.21 Å². The molecule has 0 bridgehead atoms. The highest BCUT2D eigenvalue weighted by Crippen LogP contribution is 2.17. The summed E-state index contributed by atoms with van der Waals surface area (Å²) >= 11 is 0. The van der Waals surface area contributed by atoms with Crippen molar-refractivity contribution in [1.29, 1.82) is 0 Å². The van der Waals surface area contributed by atoms with E-state index in [1.807, 2.05) is 0 Å². The van der Waals surface area contributed by atoms with Gasteiger partial charge in [-0.05, 0) is 12.8 Å². The number of nitrogens with one attached hydrogen (secondary N) is 2. The van der Waals surface area contributed by atoms with Gasteiger partial charge < -0.3 is 5.32 Å². The molecule has 1 aliphatic carbocycles. The zero-order valence-corrected chi connectivity index (χ0v) is 5.76. The fourth-order valence-electron chi connectivity index (χ4n) is 1.29. The molecule has 0 aliphatic heterocycles. The molecule has 58 valence electrons. The first kappa shape index (κ1) is 7.34. The predicted molar refractivity (Wildman–Crippen MR) is 35.7 cm³/mol. The Morgan fingerprint density at radius 1 is 1.40 bits per heavy atom. The fraction of sp³-hybridized carbons (Fsp3) is 0.833. The third kappa shape index (κ3) is 1.88. The van der Waals surface area contributed by atoms with Crippen LogP contribution in [0.4, 0.5) is 4.79 Å². The highest BCUT2D eigenvalue weighted by molar-refractivity contribution is 5.72. The zero-order chi connectivity index (χ0) is 7.40. The lowest BCUT2D eigenvalue weighted by Gasteiger charge is -2.09. The van der Waals surface area contributed by atoms with Crippen LogP contribution in [0.3, 0.4) is 0 Å². The molecule has 1 aliphatic rings. The zero-order valence-electron chi connectivity index (χ0n) is 5.76. The molecular weight excluding hydrogens is 132 g/mol. The average molecular weight is 144 g/mol. The van der Waals surface area contributed by atoms with Gasteiger partial charge in [0.05, 0.1) is 0 Å². The van der Waals surface area contributed by atoms with Gasteiger partial charge in [-0.15, -0.1) is 0 Å². The Morgan fingerprint density at radius 2 is 2.00 bits per heavy atom. The summed E-state index contributed by atoms with van der Waals surface area (Å²) in [4.78, 5) is 10.5. The van der Waals surface area contributed by atoms with Crippen LogP contribution >= 0.6 is 0 Å². The Morgan fingerprint density at radius 3 is 2.50 bits per heavy atom. The van der Waals surface area contributed by atoms with Crippen molar-refractivity contribution < 1.29 is 10.0 Å². The molecule has 1 saturated carbocycles. The standard InChI is InChI=1S/C6H12N2O2/c9-6(8-10)7-5-3-1-2-4-5/h5,10H,1-4H2,(H2,7,8,9). The number of amides is 2. The number of hydroxylamine groups is 1. The van der Waals surface area contributed by atoms with Gasteiger partial charge in [0.15, 0.2) is 0 Å². The monoisotopic (exact) mass is 144 g/mol. The van der Waals surface area contributed by atoms with Crippen LogP contribution in [0.15, 0.2) is 0 Å². The average Bonchev–Trinajstić information content (AvgIpc) is 2.40. The van der Waals surface area contributed by atoms with E-state index in [0.29, 0.717) is 0 Å². The molecule has 0 aromatic rings. The van der Waals surface area contributed by atoms with Gasteiger partial charge in [0.1, 0.15) is 0 Å². The van der Waals surface area contributed by atoms with Gasteiger partial charge in [-0.2, -0.15) is 0 Å². The Hall–Kier alpha value is -0.770. The lowest BCUT2D eigenvalue weighted by Crippen LogP contribution is -2.39. The molecule has 2 amide bonds. The van der Waals surface area contributed by atoms with E-state index >= 15 is 0 Å². The van der Waals surface area contributed by atoms with Crippen LogP contribution in [-0.2, 0) is 0 Å². The molecule has 0 saturated heterocycles. The van der Waals surface area contributed by atoms with E-state index in [9.17, 15) is 4.79 Å². The number of carbonyl (C=O) groups is 1. The van der Waals surface area contributed by atoms with Gasteiger partial charge in [0.25, 0.3) is 0 Å². The van der Waals surface area contributed by atoms with Crippen molar-refractivity contribution in [3.63, 3.8) is 0 Å². The molecule has 0 unspecified atom stereocenters. The number of urea groups is 1. The summed E-state index contributed by atoms with van der Waals surface area (Å²) < 4.78 is 0. The van der Waals surface area contributed by atoms with Crippen molar-refractivity contribution in [2.45, 2.75) is 31.7 Å². The number of carbonyl (C=O) groups excluding carboxylic acids is 1. The first-order valence-electron chi connectivity index (χ1n) is 3.53. The summed E-state index contributed by atoms with van der Waals surface area (Å²) in [5.74, 6) is 0. The highest BCUT2D eigenvalue weighted by atomic mass is 16.5. The molecule has 4 nitrogen and oxygen atoms in total. The topological polar surface area (TPSA) is 61.4 Å². The Balaban J connectivity index is 2.17. The fourth-order valence-corrected chi connectivity index (χ4v) is 1.29. The van der Waals surface area contributed by atoms with E-state index in [1.54, 1.807) is 5.48 Å². The maximum atomic E-state index is 10.5. The van der Waals surface area contributed by atoms with E-state index in [1.165, 1.54) is 12.8 Å². The minimum absolute atomic E-state index is 0.271. The number of hydrogen-bond donors (Lipinski definition) is 3. The molecule has 1 fully saturated rings. The largest absolute Gasteiger partial charge is 0.338 e. The lowest BCUT2D eigenvalue weighted by atomic mass is 10.3. The molecule has 0 heterocycles. The summed E-state index contributed by atoms with van der Waals surface area (Å²) in [7, 11) is 0. The van der Waals surface area contributed by atoms with Crippen molar-refractivity contribution in [3.8, 4) is 0 Å². The molecule has 3 N–H and O–H groups in total. The Labute approximate surface area is 59.6 Å². The first-order valence-corrected chi connectivity index (χ1v) is 3.53. The molecule has 0 atom stereocenters. The highest BCUT2D eigenvalue weighted by Gasteiger charge is 2.15. The molecule has 0 aromatic carbocycles. The number of rotatable bonds is 1. The normalized spacial score (nSPS) is 18.9. The third-order valence-electron chi connectivity index (χ3n) is 1.79. The molecule has 0 aromatic heterocycles. The summed E-state index contributed by atoms with van der Waals surface area (Å²) in [6.45, 7) is 0. The summed E-state index contributed by atoms with van der Waals surface area (Å²) in [5.41, 5.74) is 1.54. The Bertz CT molecular complexity index is 121. The van der Waals surface area contributed by atoms with Crippen LogP contribution in [0.2, 0.25) is 0 Å². The molecule has 1 rings (SSSR count). The summed E-state index contributed by atoms with van der Waals surface area (Å²) in [5, 5.41) is 10.8. The van der Waals surface area contributed by atoms with Crippen molar-refractivity contribution in [1.82, 2.24) is 10.8 Å². The maximum Gasteiger partial charge on any atom is 0.338 e. The van der Waals surface area contributed by atoms with Crippen LogP contribution in [-0.4, -0.2) is 17.3 Å². The first-order chi connectivity index (χ1) is 4.83. The Kier molecular flexibility index (Phi) is 2.50. The predicted octanol–water partition coefficient (Wildman–Crippen LogP) is 0.617. The SMILES string of the molecule is O=C(NO)NC1CCCC1. The van der Waals surface area contributed by atoms with Gasteiger partial charge in [0, 0.05) is 6.04 Å². The van der Waals surface area contributed by atoms with Gasteiger partial charge in [-0.1, -0.05) is 12.8 Å². The van der Waals surface area contributed by atoms with Crippen molar-refractivity contribution in [3.05, 3.63) is 0 Å². The maximum absolute atomic E-state index is 10.5. The van der Waals surface area contributed by atoms with Gasteiger partial charge >= 0.3 is 6.03 Å². The van der Waals surface area contributed by atoms with E-state index < -0.39 is 6.03 Å². The second-order valence-corrected chi connectivity index (χ2v) is 2.57. The minimum atomic E-state index is -0.494.